The fourth-order valence-corrected chi connectivity index (χ4v) is 4.34. The van der Waals surface area contributed by atoms with E-state index in [4.69, 9.17) is 0 Å². The summed E-state index contributed by atoms with van der Waals surface area (Å²) in [7, 11) is -0.332. The minimum Gasteiger partial charge on any atom is -0.315 e. The molecule has 0 atom stereocenters. The number of carbonyl (C=O) groups excluding carboxylic acids is 1. The van der Waals surface area contributed by atoms with E-state index in [-0.39, 0.29) is 17.2 Å². The van der Waals surface area contributed by atoms with Crippen LogP contribution in [0.25, 0.3) is 0 Å². The van der Waals surface area contributed by atoms with Crippen LogP contribution < -0.4 is 4.90 Å². The number of rotatable bonds is 4. The summed E-state index contributed by atoms with van der Waals surface area (Å²) >= 11 is 0. The molecule has 2 aromatic carbocycles. The van der Waals surface area contributed by atoms with Gasteiger partial charge in [-0.2, -0.15) is 4.31 Å². The Bertz CT molecular complexity index is 951. The summed E-state index contributed by atoms with van der Waals surface area (Å²) in [5.41, 5.74) is 4.74. The molecule has 1 aliphatic heterocycles. The molecule has 3 rings (SSSR count). The number of sulfonamides is 1. The van der Waals surface area contributed by atoms with Crippen LogP contribution in [0.4, 0.5) is 5.69 Å². The molecule has 0 N–H and O–H groups in total. The van der Waals surface area contributed by atoms with Crippen LogP contribution in [0.15, 0.2) is 41.3 Å². The van der Waals surface area contributed by atoms with E-state index >= 15 is 0 Å². The summed E-state index contributed by atoms with van der Waals surface area (Å²) in [4.78, 5) is 13.6. The molecule has 132 valence electrons. The molecule has 1 amide bonds. The maximum Gasteiger partial charge on any atom is 0.243 e. The molecular formula is C19H22N2O3S. The van der Waals surface area contributed by atoms with E-state index in [2.05, 4.69) is 0 Å². The van der Waals surface area contributed by atoms with Crippen LogP contribution in [0.2, 0.25) is 0 Å². The summed E-state index contributed by atoms with van der Waals surface area (Å²) in [6, 6.07) is 10.9. The van der Waals surface area contributed by atoms with Crippen molar-refractivity contribution in [2.24, 2.45) is 0 Å². The molecule has 0 bridgehead atoms. The maximum atomic E-state index is 12.9. The van der Waals surface area contributed by atoms with Crippen LogP contribution >= 0.6 is 0 Å². The lowest BCUT2D eigenvalue weighted by Crippen LogP contribution is -2.27. The molecule has 0 spiro atoms. The first kappa shape index (κ1) is 17.6. The first-order chi connectivity index (χ1) is 11.7. The minimum absolute atomic E-state index is 0.0202. The molecule has 0 aromatic heterocycles. The molecule has 6 heteroatoms. The van der Waals surface area contributed by atoms with Crippen molar-refractivity contribution in [1.29, 1.82) is 0 Å². The third kappa shape index (κ3) is 3.19. The van der Waals surface area contributed by atoms with Crippen molar-refractivity contribution in [3.63, 3.8) is 0 Å². The fraction of sp³-hybridized carbons (Fsp3) is 0.316. The molecule has 0 saturated carbocycles. The van der Waals surface area contributed by atoms with Crippen molar-refractivity contribution in [2.45, 2.75) is 31.7 Å². The quantitative estimate of drug-likeness (QED) is 0.844. The van der Waals surface area contributed by atoms with Crippen molar-refractivity contribution in [1.82, 2.24) is 4.31 Å². The molecule has 25 heavy (non-hydrogen) atoms. The molecule has 5 nitrogen and oxygen atoms in total. The molecule has 0 fully saturated rings. The highest BCUT2D eigenvalue weighted by Crippen LogP contribution is 2.30. The normalized spacial score (nSPS) is 14.3. The van der Waals surface area contributed by atoms with Gasteiger partial charge < -0.3 is 4.90 Å². The molecule has 0 radical (unpaired) electrons. The summed E-state index contributed by atoms with van der Waals surface area (Å²) in [5, 5.41) is 0. The van der Waals surface area contributed by atoms with Crippen molar-refractivity contribution >= 4 is 21.6 Å². The van der Waals surface area contributed by atoms with E-state index in [9.17, 15) is 13.2 Å². The summed E-state index contributed by atoms with van der Waals surface area (Å²) in [6.07, 6.45) is 0.246. The number of hydrogen-bond donors (Lipinski definition) is 0. The van der Waals surface area contributed by atoms with Gasteiger partial charge in [-0.3, -0.25) is 4.79 Å². The summed E-state index contributed by atoms with van der Waals surface area (Å²) < 4.78 is 27.2. The zero-order valence-electron chi connectivity index (χ0n) is 14.9. The zero-order chi connectivity index (χ0) is 18.4. The number of hydrogen-bond acceptors (Lipinski definition) is 3. The van der Waals surface area contributed by atoms with Gasteiger partial charge in [0.15, 0.2) is 0 Å². The second kappa shape index (κ2) is 6.28. The van der Waals surface area contributed by atoms with Gasteiger partial charge in [0.1, 0.15) is 0 Å². The van der Waals surface area contributed by atoms with E-state index in [1.54, 1.807) is 37.2 Å². The Hall–Kier alpha value is -2.18. The molecule has 0 saturated heterocycles. The van der Waals surface area contributed by atoms with Crippen molar-refractivity contribution in [3.8, 4) is 0 Å². The van der Waals surface area contributed by atoms with Gasteiger partial charge >= 0.3 is 0 Å². The lowest BCUT2D eigenvalue weighted by Gasteiger charge is -2.19. The van der Waals surface area contributed by atoms with E-state index in [1.807, 2.05) is 32.0 Å². The first-order valence-corrected chi connectivity index (χ1v) is 9.56. The number of fused-ring (bicyclic) bond motifs is 1. The van der Waals surface area contributed by atoms with E-state index < -0.39 is 10.0 Å². The largest absolute Gasteiger partial charge is 0.315 e. The molecular weight excluding hydrogens is 336 g/mol. The summed E-state index contributed by atoms with van der Waals surface area (Å²) in [5.74, 6) is -0.0202. The number of carbonyl (C=O) groups is 1. The number of anilines is 1. The standard InChI is InChI=1S/C19H22N2O3S/c1-13-5-6-15(14(2)9-13)12-20(3)25(23,24)17-7-8-18-16(10-17)11-19(22)21(18)4/h5-10H,11-12H2,1-4H3. The Morgan fingerprint density at radius 2 is 1.84 bits per heavy atom. The van der Waals surface area contributed by atoms with Crippen LogP contribution in [0.5, 0.6) is 0 Å². The highest BCUT2D eigenvalue weighted by molar-refractivity contribution is 7.89. The Labute approximate surface area is 148 Å². The zero-order valence-corrected chi connectivity index (χ0v) is 15.7. The Morgan fingerprint density at radius 3 is 2.52 bits per heavy atom. The van der Waals surface area contributed by atoms with Crippen LogP contribution in [-0.2, 0) is 27.8 Å². The number of nitrogens with zero attached hydrogens (tertiary/aromatic N) is 2. The van der Waals surface area contributed by atoms with E-state index in [0.29, 0.717) is 6.54 Å². The van der Waals surface area contributed by atoms with Crippen molar-refractivity contribution < 1.29 is 13.2 Å². The van der Waals surface area contributed by atoms with Crippen LogP contribution in [0.3, 0.4) is 0 Å². The molecule has 0 aliphatic carbocycles. The second-order valence-electron chi connectivity index (χ2n) is 6.61. The Balaban J connectivity index is 1.89. The van der Waals surface area contributed by atoms with Crippen molar-refractivity contribution in [3.05, 3.63) is 58.7 Å². The number of likely N-dealkylation sites (N-methyl/N-ethyl adjacent to an activating group) is 1. The SMILES string of the molecule is Cc1ccc(CN(C)S(=O)(=O)c2ccc3c(c2)CC(=O)N3C)c(C)c1. The molecule has 2 aromatic rings. The highest BCUT2D eigenvalue weighted by atomic mass is 32.2. The predicted molar refractivity (Wildman–Crippen MR) is 98.1 cm³/mol. The average Bonchev–Trinajstić information content (AvgIpc) is 2.84. The number of aryl methyl sites for hydroxylation is 2. The third-order valence-corrected chi connectivity index (χ3v) is 6.53. The molecule has 1 heterocycles. The maximum absolute atomic E-state index is 12.9. The minimum atomic E-state index is -3.62. The van der Waals surface area contributed by atoms with Crippen LogP contribution in [0.1, 0.15) is 22.3 Å². The topological polar surface area (TPSA) is 57.7 Å². The van der Waals surface area contributed by atoms with Gasteiger partial charge in [-0.25, -0.2) is 8.42 Å². The van der Waals surface area contributed by atoms with Gasteiger partial charge in [-0.1, -0.05) is 23.8 Å². The average molecular weight is 358 g/mol. The van der Waals surface area contributed by atoms with E-state index in [1.165, 1.54) is 4.31 Å². The van der Waals surface area contributed by atoms with Gasteiger partial charge in [0.05, 0.1) is 11.3 Å². The number of amides is 1. The Morgan fingerprint density at radius 1 is 1.12 bits per heavy atom. The predicted octanol–water partition coefficient (Wildman–Crippen LogP) is 2.64. The second-order valence-corrected chi connectivity index (χ2v) is 8.66. The lowest BCUT2D eigenvalue weighted by atomic mass is 10.1. The first-order valence-electron chi connectivity index (χ1n) is 8.12. The van der Waals surface area contributed by atoms with Crippen molar-refractivity contribution in [2.75, 3.05) is 19.0 Å². The molecule has 1 aliphatic rings. The van der Waals surface area contributed by atoms with Gasteiger partial charge in [-0.15, -0.1) is 0 Å². The number of benzene rings is 2. The van der Waals surface area contributed by atoms with Gasteiger partial charge in [0, 0.05) is 26.3 Å². The van der Waals surface area contributed by atoms with E-state index in [0.717, 1.165) is 27.9 Å². The highest BCUT2D eigenvalue weighted by Gasteiger charge is 2.28. The van der Waals surface area contributed by atoms with Gasteiger partial charge in [-0.05, 0) is 48.7 Å². The van der Waals surface area contributed by atoms with Gasteiger partial charge in [0.2, 0.25) is 15.9 Å². The Kier molecular flexibility index (Phi) is 4.43. The monoisotopic (exact) mass is 358 g/mol. The van der Waals surface area contributed by atoms with Gasteiger partial charge in [0.25, 0.3) is 0 Å². The smallest absolute Gasteiger partial charge is 0.243 e. The van der Waals surface area contributed by atoms with Crippen LogP contribution in [0, 0.1) is 13.8 Å². The third-order valence-electron chi connectivity index (χ3n) is 4.73. The van der Waals surface area contributed by atoms with Crippen LogP contribution in [-0.4, -0.2) is 32.7 Å². The fourth-order valence-electron chi connectivity index (χ4n) is 3.14. The lowest BCUT2D eigenvalue weighted by molar-refractivity contribution is -0.117. The molecule has 0 unspecified atom stereocenters. The summed E-state index contributed by atoms with van der Waals surface area (Å²) in [6.45, 7) is 4.31.